The van der Waals surface area contributed by atoms with Crippen LogP contribution in [0.1, 0.15) is 31.7 Å². The van der Waals surface area contributed by atoms with Gasteiger partial charge in [0, 0.05) is 36.3 Å². The summed E-state index contributed by atoms with van der Waals surface area (Å²) in [5.74, 6) is 0.141. The summed E-state index contributed by atoms with van der Waals surface area (Å²) in [4.78, 5) is 7.46. The van der Waals surface area contributed by atoms with Crippen LogP contribution in [0.5, 0.6) is 0 Å². The Balaban J connectivity index is 1.49. The summed E-state index contributed by atoms with van der Waals surface area (Å²) in [6, 6.07) is 1.97. The second-order valence-electron chi connectivity index (χ2n) is 7.63. The van der Waals surface area contributed by atoms with Gasteiger partial charge in [-0.15, -0.1) is 0 Å². The fourth-order valence-electron chi connectivity index (χ4n) is 5.08. The average molecular weight is 361 g/mol. The van der Waals surface area contributed by atoms with Gasteiger partial charge in [0.2, 0.25) is 10.0 Å². The first-order valence-electron chi connectivity index (χ1n) is 8.68. The zero-order valence-corrected chi connectivity index (χ0v) is 14.8. The number of fused-ring (bicyclic) bond motifs is 4. The molecule has 1 saturated heterocycles. The summed E-state index contributed by atoms with van der Waals surface area (Å²) >= 11 is 0. The molecule has 0 radical (unpaired) electrons. The van der Waals surface area contributed by atoms with Crippen molar-refractivity contribution >= 4 is 33.6 Å². The molecule has 2 N–H and O–H groups in total. The van der Waals surface area contributed by atoms with E-state index in [1.807, 2.05) is 12.3 Å². The third-order valence-electron chi connectivity index (χ3n) is 6.16. The van der Waals surface area contributed by atoms with Crippen molar-refractivity contribution in [2.24, 2.45) is 5.41 Å². The van der Waals surface area contributed by atoms with E-state index in [1.54, 1.807) is 17.4 Å². The van der Waals surface area contributed by atoms with Gasteiger partial charge in [0.1, 0.15) is 5.65 Å². The Labute approximate surface area is 146 Å². The maximum absolute atomic E-state index is 12.2. The van der Waals surface area contributed by atoms with Crippen LogP contribution in [0.3, 0.4) is 0 Å². The summed E-state index contributed by atoms with van der Waals surface area (Å²) in [5.41, 5.74) is 1.98. The van der Waals surface area contributed by atoms with Crippen LogP contribution < -0.4 is 5.46 Å². The fraction of sp³-hybridized carbons (Fsp3) is 0.562. The molecule has 2 fully saturated rings. The molecule has 3 aliphatic rings. The molecule has 25 heavy (non-hydrogen) atoms. The Kier molecular flexibility index (Phi) is 3.07. The van der Waals surface area contributed by atoms with E-state index in [4.69, 9.17) is 4.65 Å². The van der Waals surface area contributed by atoms with Gasteiger partial charge in [-0.05, 0) is 43.2 Å². The quantitative estimate of drug-likeness (QED) is 0.751. The van der Waals surface area contributed by atoms with Crippen LogP contribution in [0.15, 0.2) is 18.5 Å². The molecule has 2 aromatic heterocycles. The molecule has 9 heteroatoms. The largest absolute Gasteiger partial charge is 0.493 e. The van der Waals surface area contributed by atoms with Crippen molar-refractivity contribution in [2.45, 2.75) is 31.8 Å². The Hall–Kier alpha value is -1.42. The zero-order chi connectivity index (χ0) is 17.4. The number of H-pyrrole nitrogens is 1. The highest BCUT2D eigenvalue weighted by Crippen LogP contribution is 2.62. The highest BCUT2D eigenvalue weighted by Gasteiger charge is 2.64. The lowest BCUT2D eigenvalue weighted by Crippen LogP contribution is -2.52. The highest BCUT2D eigenvalue weighted by molar-refractivity contribution is 7.89. The molecule has 0 amide bonds. The van der Waals surface area contributed by atoms with Crippen LogP contribution in [-0.4, -0.2) is 53.7 Å². The number of nitrogens with one attached hydrogen (secondary N) is 1. The van der Waals surface area contributed by atoms with Gasteiger partial charge in [-0.1, -0.05) is 0 Å². The number of hydrogen-bond donors (Lipinski definition) is 2. The molecule has 1 saturated carbocycles. The average Bonchev–Trinajstić information content (AvgIpc) is 3.24. The van der Waals surface area contributed by atoms with Crippen LogP contribution in [0.4, 0.5) is 0 Å². The SMILES string of the molecule is CCS(=O)(=O)N1CCC2(C1)CC1(C2)OB(O)c2cnc3[nH]ccc3c21. The molecule has 4 heterocycles. The first-order chi connectivity index (χ1) is 11.9. The first kappa shape index (κ1) is 15.8. The molecule has 2 aliphatic heterocycles. The number of aromatic nitrogens is 2. The third kappa shape index (κ3) is 2.03. The van der Waals surface area contributed by atoms with E-state index in [-0.39, 0.29) is 11.2 Å². The van der Waals surface area contributed by atoms with E-state index < -0.39 is 22.7 Å². The number of nitrogens with zero attached hydrogens (tertiary/aromatic N) is 2. The molecule has 1 aliphatic carbocycles. The van der Waals surface area contributed by atoms with Crippen LogP contribution in [0, 0.1) is 5.41 Å². The summed E-state index contributed by atoms with van der Waals surface area (Å²) in [6.07, 6.45) is 5.86. The zero-order valence-electron chi connectivity index (χ0n) is 14.0. The molecular formula is C16H20BN3O4S. The first-order valence-corrected chi connectivity index (χ1v) is 10.3. The predicted octanol–water partition coefficient (Wildman–Crippen LogP) is 0.312. The Morgan fingerprint density at radius 2 is 2.28 bits per heavy atom. The molecule has 5 rings (SSSR count). The van der Waals surface area contributed by atoms with E-state index in [2.05, 4.69) is 9.97 Å². The lowest BCUT2D eigenvalue weighted by Gasteiger charge is -2.53. The van der Waals surface area contributed by atoms with Gasteiger partial charge in [-0.25, -0.2) is 17.7 Å². The fourth-order valence-corrected chi connectivity index (χ4v) is 6.28. The minimum absolute atomic E-state index is 0.0462. The van der Waals surface area contributed by atoms with Crippen LogP contribution in [0.25, 0.3) is 11.0 Å². The van der Waals surface area contributed by atoms with Gasteiger partial charge in [0.15, 0.2) is 0 Å². The van der Waals surface area contributed by atoms with Crippen molar-refractivity contribution in [3.05, 3.63) is 24.0 Å². The van der Waals surface area contributed by atoms with E-state index in [1.165, 1.54) is 0 Å². The summed E-state index contributed by atoms with van der Waals surface area (Å²) in [6.45, 7) is 2.82. The second kappa shape index (κ2) is 4.85. The van der Waals surface area contributed by atoms with Crippen molar-refractivity contribution in [3.63, 3.8) is 0 Å². The molecule has 0 bridgehead atoms. The van der Waals surface area contributed by atoms with Crippen molar-refractivity contribution < 1.29 is 18.1 Å². The minimum Gasteiger partial charge on any atom is -0.423 e. The number of rotatable bonds is 2. The smallest absolute Gasteiger partial charge is 0.423 e. The molecule has 2 spiro atoms. The molecule has 0 aromatic carbocycles. The highest BCUT2D eigenvalue weighted by atomic mass is 32.2. The van der Waals surface area contributed by atoms with Gasteiger partial charge in [0.05, 0.1) is 11.4 Å². The standard InChI is InChI=1S/C16H20BN3O4S/c1-2-25(22,23)20-6-4-15(10-20)8-16(9-15)13-11-3-5-18-14(11)19-7-12(13)17(21)24-16/h3,5,7,21H,2,4,6,8-10H2,1H3,(H,18,19). The molecule has 7 nitrogen and oxygen atoms in total. The maximum atomic E-state index is 12.2. The number of hydrogen-bond acceptors (Lipinski definition) is 5. The Morgan fingerprint density at radius 3 is 3.04 bits per heavy atom. The van der Waals surface area contributed by atoms with Crippen molar-refractivity contribution in [1.29, 1.82) is 0 Å². The number of sulfonamides is 1. The van der Waals surface area contributed by atoms with E-state index in [0.717, 1.165) is 41.3 Å². The van der Waals surface area contributed by atoms with Gasteiger partial charge < -0.3 is 14.7 Å². The molecular weight excluding hydrogens is 341 g/mol. The molecule has 2 aromatic rings. The Bertz CT molecular complexity index is 967. The maximum Gasteiger partial charge on any atom is 0.493 e. The number of pyridine rings is 1. The molecule has 0 atom stereocenters. The van der Waals surface area contributed by atoms with Crippen molar-refractivity contribution in [3.8, 4) is 0 Å². The predicted molar refractivity (Wildman–Crippen MR) is 93.8 cm³/mol. The summed E-state index contributed by atoms with van der Waals surface area (Å²) in [7, 11) is -4.11. The van der Waals surface area contributed by atoms with Gasteiger partial charge in [-0.3, -0.25) is 0 Å². The second-order valence-corrected chi connectivity index (χ2v) is 9.89. The van der Waals surface area contributed by atoms with Crippen molar-refractivity contribution in [2.75, 3.05) is 18.8 Å². The number of aromatic amines is 1. The van der Waals surface area contributed by atoms with Gasteiger partial charge in [-0.2, -0.15) is 0 Å². The van der Waals surface area contributed by atoms with E-state index in [0.29, 0.717) is 13.1 Å². The topological polar surface area (TPSA) is 95.5 Å². The van der Waals surface area contributed by atoms with Crippen LogP contribution in [0.2, 0.25) is 0 Å². The Morgan fingerprint density at radius 1 is 1.48 bits per heavy atom. The minimum atomic E-state index is -3.15. The van der Waals surface area contributed by atoms with E-state index >= 15 is 0 Å². The monoisotopic (exact) mass is 361 g/mol. The lowest BCUT2D eigenvalue weighted by atomic mass is 9.56. The van der Waals surface area contributed by atoms with Gasteiger partial charge in [0.25, 0.3) is 0 Å². The van der Waals surface area contributed by atoms with E-state index in [9.17, 15) is 13.4 Å². The molecule has 0 unspecified atom stereocenters. The van der Waals surface area contributed by atoms with Gasteiger partial charge >= 0.3 is 7.12 Å². The normalized spacial score (nSPS) is 32.0. The summed E-state index contributed by atoms with van der Waals surface area (Å²) < 4.78 is 32.0. The van der Waals surface area contributed by atoms with Crippen LogP contribution in [-0.2, 0) is 20.3 Å². The molecule has 132 valence electrons. The third-order valence-corrected chi connectivity index (χ3v) is 7.99. The lowest BCUT2D eigenvalue weighted by molar-refractivity contribution is -0.108. The van der Waals surface area contributed by atoms with Crippen LogP contribution >= 0.6 is 0 Å². The van der Waals surface area contributed by atoms with Crippen molar-refractivity contribution in [1.82, 2.24) is 14.3 Å². The summed E-state index contributed by atoms with van der Waals surface area (Å²) in [5, 5.41) is 11.3.